The van der Waals surface area contributed by atoms with Crippen molar-refractivity contribution in [2.75, 3.05) is 19.3 Å². The largest absolute Gasteiger partial charge is 0.355 e. The van der Waals surface area contributed by atoms with Gasteiger partial charge in [-0.05, 0) is 33.6 Å². The van der Waals surface area contributed by atoms with E-state index in [0.29, 0.717) is 18.3 Å². The summed E-state index contributed by atoms with van der Waals surface area (Å²) in [5.74, 6) is 1.50. The fourth-order valence-corrected chi connectivity index (χ4v) is 2.93. The average Bonchev–Trinajstić information content (AvgIpc) is 2.79. The summed E-state index contributed by atoms with van der Waals surface area (Å²) in [5, 5.41) is 6.66. The number of nitrogens with one attached hydrogen (secondary N) is 2. The lowest BCUT2D eigenvalue weighted by Gasteiger charge is -2.20. The van der Waals surface area contributed by atoms with Crippen molar-refractivity contribution in [1.82, 2.24) is 10.6 Å². The summed E-state index contributed by atoms with van der Waals surface area (Å²) in [6.07, 6.45) is 5.08. The molecule has 1 atom stereocenters. The van der Waals surface area contributed by atoms with E-state index < -0.39 is 10.8 Å². The highest BCUT2D eigenvalue weighted by atomic mass is 127. The standard InChI is InChI=1S/C13H27N3OS.HI/c1-13(2,3)18(17)10-9-15-12(14-4)16-11-7-5-6-8-11;/h11H,5-10H2,1-4H3,(H2,14,15,16);1H. The zero-order chi connectivity index (χ0) is 13.6. The van der Waals surface area contributed by atoms with E-state index in [0.717, 1.165) is 5.96 Å². The third-order valence-corrected chi connectivity index (χ3v) is 5.12. The summed E-state index contributed by atoms with van der Waals surface area (Å²) in [6.45, 7) is 6.73. The molecular formula is C13H28IN3OS. The number of rotatable bonds is 4. The summed E-state index contributed by atoms with van der Waals surface area (Å²) in [6, 6.07) is 0.560. The maximum absolute atomic E-state index is 11.9. The van der Waals surface area contributed by atoms with Gasteiger partial charge in [-0.1, -0.05) is 12.8 Å². The highest BCUT2D eigenvalue weighted by Gasteiger charge is 2.19. The fourth-order valence-electron chi connectivity index (χ4n) is 2.03. The molecule has 0 heterocycles. The molecule has 1 aliphatic rings. The van der Waals surface area contributed by atoms with E-state index in [1.54, 1.807) is 7.05 Å². The Morgan fingerprint density at radius 3 is 2.37 bits per heavy atom. The minimum Gasteiger partial charge on any atom is -0.355 e. The van der Waals surface area contributed by atoms with E-state index in [4.69, 9.17) is 0 Å². The van der Waals surface area contributed by atoms with Crippen LogP contribution < -0.4 is 10.6 Å². The van der Waals surface area contributed by atoms with Gasteiger partial charge in [0.2, 0.25) is 0 Å². The molecule has 0 aromatic carbocycles. The molecule has 0 bridgehead atoms. The second-order valence-corrected chi connectivity index (χ2v) is 8.11. The number of aliphatic imine (C=N–C) groups is 1. The SMILES string of the molecule is CN=C(NCCS(=O)C(C)(C)C)NC1CCCC1.I. The molecule has 0 aromatic rings. The molecule has 1 unspecified atom stereocenters. The van der Waals surface area contributed by atoms with E-state index in [1.807, 2.05) is 20.8 Å². The van der Waals surface area contributed by atoms with E-state index in [1.165, 1.54) is 25.7 Å². The minimum atomic E-state index is -0.805. The van der Waals surface area contributed by atoms with Gasteiger partial charge in [0.15, 0.2) is 5.96 Å². The van der Waals surface area contributed by atoms with Crippen LogP contribution >= 0.6 is 24.0 Å². The molecule has 6 heteroatoms. The summed E-state index contributed by atoms with van der Waals surface area (Å²) >= 11 is 0. The smallest absolute Gasteiger partial charge is 0.191 e. The van der Waals surface area contributed by atoms with Crippen LogP contribution in [0.5, 0.6) is 0 Å². The monoisotopic (exact) mass is 401 g/mol. The minimum absolute atomic E-state index is 0. The molecule has 0 radical (unpaired) electrons. The number of guanidine groups is 1. The van der Waals surface area contributed by atoms with Crippen LogP contribution in [0.4, 0.5) is 0 Å². The predicted octanol–water partition coefficient (Wildman–Crippen LogP) is 2.26. The molecule has 0 aromatic heterocycles. The van der Waals surface area contributed by atoms with Gasteiger partial charge in [-0.3, -0.25) is 9.20 Å². The van der Waals surface area contributed by atoms with Crippen molar-refractivity contribution in [2.45, 2.75) is 57.2 Å². The number of halogens is 1. The second-order valence-electron chi connectivity index (χ2n) is 5.79. The maximum atomic E-state index is 11.9. The lowest BCUT2D eigenvalue weighted by atomic mass is 10.2. The van der Waals surface area contributed by atoms with Crippen LogP contribution in [0, 0.1) is 0 Å². The first-order valence-corrected chi connectivity index (χ1v) is 8.11. The summed E-state index contributed by atoms with van der Waals surface area (Å²) in [5.41, 5.74) is 0. The Morgan fingerprint density at radius 1 is 1.32 bits per heavy atom. The van der Waals surface area contributed by atoms with Gasteiger partial charge in [0.1, 0.15) is 0 Å². The Kier molecular flexibility index (Phi) is 9.23. The molecule has 4 nitrogen and oxygen atoms in total. The number of hydrogen-bond donors (Lipinski definition) is 2. The molecular weight excluding hydrogens is 373 g/mol. The first kappa shape index (κ1) is 19.1. The van der Waals surface area contributed by atoms with Crippen LogP contribution in [0.1, 0.15) is 46.5 Å². The Bertz CT molecular complexity index is 310. The average molecular weight is 401 g/mol. The van der Waals surface area contributed by atoms with Gasteiger partial charge in [0.05, 0.1) is 0 Å². The van der Waals surface area contributed by atoms with Crippen molar-refractivity contribution >= 4 is 40.7 Å². The lowest BCUT2D eigenvalue weighted by molar-refractivity contribution is 0.614. The first-order valence-electron chi connectivity index (χ1n) is 6.79. The normalized spacial score (nSPS) is 18.8. The van der Waals surface area contributed by atoms with Crippen LogP contribution in [-0.2, 0) is 10.8 Å². The Morgan fingerprint density at radius 2 is 1.89 bits per heavy atom. The van der Waals surface area contributed by atoms with Crippen molar-refractivity contribution in [3.63, 3.8) is 0 Å². The van der Waals surface area contributed by atoms with Crippen molar-refractivity contribution in [1.29, 1.82) is 0 Å². The summed E-state index contributed by atoms with van der Waals surface area (Å²) in [7, 11) is 0.978. The molecule has 0 saturated heterocycles. The van der Waals surface area contributed by atoms with E-state index in [9.17, 15) is 4.21 Å². The molecule has 0 amide bonds. The van der Waals surface area contributed by atoms with Crippen molar-refractivity contribution in [2.24, 2.45) is 4.99 Å². The topological polar surface area (TPSA) is 53.5 Å². The fraction of sp³-hybridized carbons (Fsp3) is 0.923. The predicted molar refractivity (Wildman–Crippen MR) is 94.9 cm³/mol. The van der Waals surface area contributed by atoms with Crippen LogP contribution in [-0.4, -0.2) is 40.3 Å². The zero-order valence-corrected chi connectivity index (χ0v) is 15.6. The van der Waals surface area contributed by atoms with Gasteiger partial charge in [-0.15, -0.1) is 24.0 Å². The van der Waals surface area contributed by atoms with Crippen molar-refractivity contribution in [3.05, 3.63) is 0 Å². The van der Waals surface area contributed by atoms with Gasteiger partial charge >= 0.3 is 0 Å². The van der Waals surface area contributed by atoms with Crippen LogP contribution in [0.15, 0.2) is 4.99 Å². The van der Waals surface area contributed by atoms with Crippen LogP contribution in [0.2, 0.25) is 0 Å². The quantitative estimate of drug-likeness (QED) is 0.432. The van der Waals surface area contributed by atoms with Crippen molar-refractivity contribution in [3.8, 4) is 0 Å². The van der Waals surface area contributed by atoms with Gasteiger partial charge in [0, 0.05) is 40.9 Å². The van der Waals surface area contributed by atoms with Gasteiger partial charge in [0.25, 0.3) is 0 Å². The molecule has 1 aliphatic carbocycles. The number of hydrogen-bond acceptors (Lipinski definition) is 2. The highest BCUT2D eigenvalue weighted by Crippen LogP contribution is 2.17. The molecule has 1 saturated carbocycles. The van der Waals surface area contributed by atoms with E-state index >= 15 is 0 Å². The van der Waals surface area contributed by atoms with Crippen LogP contribution in [0.25, 0.3) is 0 Å². The molecule has 1 rings (SSSR count). The lowest BCUT2D eigenvalue weighted by Crippen LogP contribution is -2.44. The summed E-state index contributed by atoms with van der Waals surface area (Å²) < 4.78 is 11.8. The van der Waals surface area contributed by atoms with E-state index in [2.05, 4.69) is 15.6 Å². The first-order chi connectivity index (χ1) is 8.43. The van der Waals surface area contributed by atoms with Crippen LogP contribution in [0.3, 0.4) is 0 Å². The zero-order valence-electron chi connectivity index (χ0n) is 12.5. The van der Waals surface area contributed by atoms with E-state index in [-0.39, 0.29) is 28.7 Å². The number of nitrogens with zero attached hydrogens (tertiary/aromatic N) is 1. The third-order valence-electron chi connectivity index (χ3n) is 3.18. The molecule has 2 N–H and O–H groups in total. The molecule has 0 aliphatic heterocycles. The van der Waals surface area contributed by atoms with Gasteiger partial charge in [-0.2, -0.15) is 0 Å². The Labute approximate surface area is 137 Å². The summed E-state index contributed by atoms with van der Waals surface area (Å²) in [4.78, 5) is 4.21. The highest BCUT2D eigenvalue weighted by molar-refractivity contribution is 14.0. The molecule has 1 fully saturated rings. The Balaban J connectivity index is 0.00000324. The second kappa shape index (κ2) is 9.15. The molecule has 114 valence electrons. The molecule has 19 heavy (non-hydrogen) atoms. The van der Waals surface area contributed by atoms with Crippen molar-refractivity contribution < 1.29 is 4.21 Å². The maximum Gasteiger partial charge on any atom is 0.191 e. The van der Waals surface area contributed by atoms with Gasteiger partial charge < -0.3 is 10.6 Å². The van der Waals surface area contributed by atoms with Gasteiger partial charge in [-0.25, -0.2) is 0 Å². The third kappa shape index (κ3) is 7.48. The Hall–Kier alpha value is 0.150. The molecule has 0 spiro atoms.